The number of aliphatic carboxylic acids is 1. The fourth-order valence-electron chi connectivity index (χ4n) is 4.58. The molecule has 3 heterocycles. The first kappa shape index (κ1) is 23.4. The molecular weight excluding hydrogens is 396 g/mol. The van der Waals surface area contributed by atoms with Crippen molar-refractivity contribution in [3.05, 3.63) is 17.6 Å². The summed E-state index contributed by atoms with van der Waals surface area (Å²) in [5.41, 5.74) is 0.919. The Bertz CT molecular complexity index is 767. The van der Waals surface area contributed by atoms with Crippen molar-refractivity contribution in [3.63, 3.8) is 0 Å². The molecule has 172 valence electrons. The van der Waals surface area contributed by atoms with Crippen molar-refractivity contribution in [2.24, 2.45) is 5.92 Å². The van der Waals surface area contributed by atoms with Gasteiger partial charge < -0.3 is 19.6 Å². The van der Waals surface area contributed by atoms with Gasteiger partial charge in [-0.1, -0.05) is 27.7 Å². The standard InChI is InChI=1S/C23H36N4O4/c1-15(2)21-24-13-19(22(25-21)31-14-20(28)29)17-5-9-26(10-6-17)18-7-11-27(12-8-18)23(30)16(3)4/h13,15-18H,5-12,14H2,1-4H3,(H,28,29). The number of likely N-dealkylation sites (tertiary alicyclic amines) is 2. The number of aromatic nitrogens is 2. The largest absolute Gasteiger partial charge is 0.479 e. The lowest BCUT2D eigenvalue weighted by molar-refractivity contribution is -0.139. The Balaban J connectivity index is 1.59. The lowest BCUT2D eigenvalue weighted by atomic mass is 9.89. The first-order valence-electron chi connectivity index (χ1n) is 11.5. The molecule has 1 aromatic heterocycles. The van der Waals surface area contributed by atoms with Gasteiger partial charge in [-0.05, 0) is 44.7 Å². The van der Waals surface area contributed by atoms with Gasteiger partial charge in [0.25, 0.3) is 0 Å². The van der Waals surface area contributed by atoms with Crippen LogP contribution in [-0.4, -0.2) is 75.6 Å². The number of nitrogens with zero attached hydrogens (tertiary/aromatic N) is 4. The minimum Gasteiger partial charge on any atom is -0.479 e. The Morgan fingerprint density at radius 2 is 1.74 bits per heavy atom. The summed E-state index contributed by atoms with van der Waals surface area (Å²) in [6, 6.07) is 0.527. The third-order valence-electron chi connectivity index (χ3n) is 6.40. The lowest BCUT2D eigenvalue weighted by Gasteiger charge is -2.42. The van der Waals surface area contributed by atoms with Crippen LogP contribution >= 0.6 is 0 Å². The molecule has 8 nitrogen and oxygen atoms in total. The molecule has 8 heteroatoms. The van der Waals surface area contributed by atoms with Crippen molar-refractivity contribution in [1.29, 1.82) is 0 Å². The highest BCUT2D eigenvalue weighted by Crippen LogP contribution is 2.35. The fraction of sp³-hybridized carbons (Fsp3) is 0.739. The van der Waals surface area contributed by atoms with Crippen molar-refractivity contribution in [2.75, 3.05) is 32.8 Å². The third kappa shape index (κ3) is 5.93. The third-order valence-corrected chi connectivity index (χ3v) is 6.40. The molecule has 0 radical (unpaired) electrons. The normalized spacial score (nSPS) is 19.2. The maximum absolute atomic E-state index is 12.2. The van der Waals surface area contributed by atoms with Crippen LogP contribution < -0.4 is 4.74 Å². The minimum atomic E-state index is -1.01. The Morgan fingerprint density at radius 1 is 1.10 bits per heavy atom. The van der Waals surface area contributed by atoms with Gasteiger partial charge in [0.1, 0.15) is 5.82 Å². The Labute approximate surface area is 185 Å². The predicted octanol–water partition coefficient (Wildman–Crippen LogP) is 2.89. The summed E-state index contributed by atoms with van der Waals surface area (Å²) in [5, 5.41) is 9.02. The van der Waals surface area contributed by atoms with Gasteiger partial charge in [-0.25, -0.2) is 9.78 Å². The minimum absolute atomic E-state index is 0.0640. The van der Waals surface area contributed by atoms with E-state index in [1.165, 1.54) is 0 Å². The van der Waals surface area contributed by atoms with Gasteiger partial charge in [-0.2, -0.15) is 4.98 Å². The van der Waals surface area contributed by atoms with Crippen LogP contribution in [0.4, 0.5) is 0 Å². The highest BCUT2D eigenvalue weighted by Gasteiger charge is 2.32. The second kappa shape index (κ2) is 10.4. The van der Waals surface area contributed by atoms with Crippen LogP contribution in [0.3, 0.4) is 0 Å². The van der Waals surface area contributed by atoms with Crippen LogP contribution in [0.1, 0.15) is 76.6 Å². The quantitative estimate of drug-likeness (QED) is 0.708. The summed E-state index contributed by atoms with van der Waals surface area (Å²) in [6.07, 6.45) is 5.83. The zero-order valence-corrected chi connectivity index (χ0v) is 19.2. The molecule has 31 heavy (non-hydrogen) atoms. The Hall–Kier alpha value is -2.22. The van der Waals surface area contributed by atoms with E-state index in [4.69, 9.17) is 9.84 Å². The summed E-state index contributed by atoms with van der Waals surface area (Å²) >= 11 is 0. The number of carbonyl (C=O) groups excluding carboxylic acids is 1. The maximum atomic E-state index is 12.2. The average molecular weight is 433 g/mol. The Kier molecular flexibility index (Phi) is 7.86. The predicted molar refractivity (Wildman–Crippen MR) is 117 cm³/mol. The van der Waals surface area contributed by atoms with E-state index in [9.17, 15) is 9.59 Å². The summed E-state index contributed by atoms with van der Waals surface area (Å²) in [5.74, 6) is 0.822. The molecule has 0 spiro atoms. The molecule has 0 aromatic carbocycles. The first-order valence-corrected chi connectivity index (χ1v) is 11.5. The highest BCUT2D eigenvalue weighted by molar-refractivity contribution is 5.78. The van der Waals surface area contributed by atoms with E-state index >= 15 is 0 Å². The monoisotopic (exact) mass is 432 g/mol. The molecule has 0 unspecified atom stereocenters. The summed E-state index contributed by atoms with van der Waals surface area (Å²) in [6.45, 7) is 11.2. The molecule has 0 bridgehead atoms. The van der Waals surface area contributed by atoms with Gasteiger partial charge in [0, 0.05) is 42.7 Å². The van der Waals surface area contributed by atoms with E-state index in [2.05, 4.69) is 14.9 Å². The van der Waals surface area contributed by atoms with Crippen LogP contribution in [0.2, 0.25) is 0 Å². The fourth-order valence-corrected chi connectivity index (χ4v) is 4.58. The van der Waals surface area contributed by atoms with Gasteiger partial charge in [-0.3, -0.25) is 4.79 Å². The average Bonchev–Trinajstić information content (AvgIpc) is 2.77. The van der Waals surface area contributed by atoms with Gasteiger partial charge in [0.15, 0.2) is 6.61 Å². The maximum Gasteiger partial charge on any atom is 0.341 e. The van der Waals surface area contributed by atoms with Crippen LogP contribution in [0.25, 0.3) is 0 Å². The second-order valence-electron chi connectivity index (χ2n) is 9.35. The molecule has 1 aromatic rings. The molecule has 0 atom stereocenters. The molecule has 0 aliphatic carbocycles. The molecule has 2 aliphatic heterocycles. The van der Waals surface area contributed by atoms with Gasteiger partial charge >= 0.3 is 5.97 Å². The number of carbonyl (C=O) groups is 2. The molecule has 0 saturated carbocycles. The number of piperidine rings is 2. The number of rotatable bonds is 7. The smallest absolute Gasteiger partial charge is 0.341 e. The summed E-state index contributed by atoms with van der Waals surface area (Å²) < 4.78 is 5.54. The number of carboxylic acids is 1. The number of hydrogen-bond donors (Lipinski definition) is 1. The van der Waals surface area contributed by atoms with Crippen molar-refractivity contribution in [2.45, 2.75) is 71.3 Å². The molecule has 3 rings (SSSR count). The van der Waals surface area contributed by atoms with E-state index in [1.807, 2.05) is 38.8 Å². The van der Waals surface area contributed by atoms with Crippen molar-refractivity contribution in [1.82, 2.24) is 19.8 Å². The number of hydrogen-bond acceptors (Lipinski definition) is 6. The first-order chi connectivity index (χ1) is 14.8. The van der Waals surface area contributed by atoms with E-state index in [1.54, 1.807) is 0 Å². The van der Waals surface area contributed by atoms with Crippen molar-refractivity contribution < 1.29 is 19.4 Å². The van der Waals surface area contributed by atoms with E-state index < -0.39 is 12.6 Å². The molecule has 2 aliphatic rings. The molecule has 1 amide bonds. The summed E-state index contributed by atoms with van der Waals surface area (Å²) in [7, 11) is 0. The second-order valence-corrected chi connectivity index (χ2v) is 9.35. The van der Waals surface area contributed by atoms with E-state index in [-0.39, 0.29) is 23.7 Å². The van der Waals surface area contributed by atoms with Crippen LogP contribution in [0.5, 0.6) is 5.88 Å². The number of amides is 1. The van der Waals surface area contributed by atoms with Crippen molar-refractivity contribution >= 4 is 11.9 Å². The van der Waals surface area contributed by atoms with Crippen LogP contribution in [0, 0.1) is 5.92 Å². The number of carboxylic acid groups (broad SMARTS) is 1. The van der Waals surface area contributed by atoms with Gasteiger partial charge in [0.2, 0.25) is 11.8 Å². The van der Waals surface area contributed by atoms with E-state index in [0.717, 1.165) is 57.4 Å². The number of ether oxygens (including phenoxy) is 1. The molecule has 1 N–H and O–H groups in total. The molecular formula is C23H36N4O4. The molecule has 2 saturated heterocycles. The SMILES string of the molecule is CC(C)C(=O)N1CCC(N2CCC(c3cnc(C(C)C)nc3OCC(=O)O)CC2)CC1. The summed E-state index contributed by atoms with van der Waals surface area (Å²) in [4.78, 5) is 36.8. The van der Waals surface area contributed by atoms with E-state index in [0.29, 0.717) is 17.7 Å². The van der Waals surface area contributed by atoms with Gasteiger partial charge in [0.05, 0.1) is 0 Å². The lowest BCUT2D eigenvalue weighted by Crippen LogP contribution is -2.49. The molecule has 2 fully saturated rings. The highest BCUT2D eigenvalue weighted by atomic mass is 16.5. The van der Waals surface area contributed by atoms with Gasteiger partial charge in [-0.15, -0.1) is 0 Å². The van der Waals surface area contributed by atoms with Crippen LogP contribution in [0.15, 0.2) is 6.20 Å². The van der Waals surface area contributed by atoms with Crippen LogP contribution in [-0.2, 0) is 9.59 Å². The zero-order valence-electron chi connectivity index (χ0n) is 19.2. The zero-order chi connectivity index (χ0) is 22.5. The Morgan fingerprint density at radius 3 is 2.29 bits per heavy atom. The van der Waals surface area contributed by atoms with Crippen molar-refractivity contribution in [3.8, 4) is 5.88 Å². The topological polar surface area (TPSA) is 95.9 Å².